The topological polar surface area (TPSA) is 71.5 Å². The van der Waals surface area contributed by atoms with Gasteiger partial charge in [0.1, 0.15) is 0 Å². The van der Waals surface area contributed by atoms with Gasteiger partial charge in [0.2, 0.25) is 5.95 Å². The van der Waals surface area contributed by atoms with E-state index in [1.165, 1.54) is 5.69 Å². The van der Waals surface area contributed by atoms with Gasteiger partial charge < -0.3 is 25.0 Å². The third-order valence-corrected chi connectivity index (χ3v) is 4.66. The number of aromatic nitrogens is 2. The summed E-state index contributed by atoms with van der Waals surface area (Å²) >= 11 is 3.46. The maximum Gasteiger partial charge on any atom is 0.229 e. The Hall–Kier alpha value is -2.58. The van der Waals surface area contributed by atoms with Gasteiger partial charge in [0.25, 0.3) is 0 Å². The van der Waals surface area contributed by atoms with Crippen LogP contribution >= 0.6 is 15.9 Å². The molecule has 0 radical (unpaired) electrons. The average Bonchev–Trinajstić information content (AvgIpc) is 2.71. The Labute approximate surface area is 173 Å². The highest BCUT2D eigenvalue weighted by Crippen LogP contribution is 2.25. The van der Waals surface area contributed by atoms with Crippen LogP contribution < -0.4 is 15.5 Å². The minimum absolute atomic E-state index is 0.482. The quantitative estimate of drug-likeness (QED) is 0.486. The van der Waals surface area contributed by atoms with Crippen molar-refractivity contribution in [3.63, 3.8) is 0 Å². The van der Waals surface area contributed by atoms with Crippen LogP contribution in [0.5, 0.6) is 0 Å². The second-order valence-electron chi connectivity index (χ2n) is 6.35. The molecule has 2 N–H and O–H groups in total. The Balaban J connectivity index is 1.71. The molecule has 148 valence electrons. The average molecular weight is 446 g/mol. The fraction of sp³-hybridized carbons (Fsp3) is 0.300. The zero-order valence-corrected chi connectivity index (χ0v) is 17.6. The number of anilines is 4. The molecule has 0 spiro atoms. The van der Waals surface area contributed by atoms with Gasteiger partial charge in [-0.15, -0.1) is 0 Å². The van der Waals surface area contributed by atoms with Gasteiger partial charge in [-0.2, -0.15) is 4.98 Å². The molecule has 1 aliphatic heterocycles. The molecule has 0 saturated carbocycles. The van der Waals surface area contributed by atoms with Crippen molar-refractivity contribution in [1.82, 2.24) is 9.97 Å². The molecule has 2 aromatic rings. The minimum atomic E-state index is 0.482. The van der Waals surface area contributed by atoms with Crippen LogP contribution in [0.3, 0.4) is 0 Å². The number of nitrogens with one attached hydrogen (secondary N) is 2. The van der Waals surface area contributed by atoms with Gasteiger partial charge in [-0.05, 0) is 47.1 Å². The predicted molar refractivity (Wildman–Crippen MR) is 116 cm³/mol. The molecule has 8 heteroatoms. The molecule has 1 aromatic carbocycles. The SMILES string of the molecule is C=C(C)/C=C(/Nc1nc(Nc2ccc(N3CCOCC3)cc2)ncc1Br)OC. The number of methoxy groups -OCH3 is 1. The lowest BCUT2D eigenvalue weighted by molar-refractivity contribution is 0.122. The Morgan fingerprint density at radius 3 is 2.64 bits per heavy atom. The first kappa shape index (κ1) is 20.2. The molecule has 28 heavy (non-hydrogen) atoms. The largest absolute Gasteiger partial charge is 0.482 e. The van der Waals surface area contributed by atoms with Crippen LogP contribution in [0.1, 0.15) is 6.92 Å². The highest BCUT2D eigenvalue weighted by atomic mass is 79.9. The van der Waals surface area contributed by atoms with Crippen LogP contribution in [0.15, 0.2) is 59.0 Å². The lowest BCUT2D eigenvalue weighted by atomic mass is 10.2. The second-order valence-corrected chi connectivity index (χ2v) is 7.20. The smallest absolute Gasteiger partial charge is 0.229 e. The van der Waals surface area contributed by atoms with Crippen LogP contribution in [0.4, 0.5) is 23.1 Å². The number of morpholine rings is 1. The van der Waals surface area contributed by atoms with E-state index in [9.17, 15) is 0 Å². The van der Waals surface area contributed by atoms with Gasteiger partial charge in [-0.1, -0.05) is 12.2 Å². The summed E-state index contributed by atoms with van der Waals surface area (Å²) in [5.41, 5.74) is 2.96. The van der Waals surface area contributed by atoms with Crippen LogP contribution in [-0.4, -0.2) is 43.4 Å². The lowest BCUT2D eigenvalue weighted by Crippen LogP contribution is -2.36. The molecular weight excluding hydrogens is 422 g/mol. The number of hydrogen-bond donors (Lipinski definition) is 2. The number of ether oxygens (including phenoxy) is 2. The second kappa shape index (κ2) is 9.57. The standard InChI is InChI=1S/C20H24BrN5O2/c1-14(2)12-18(27-3)24-19-17(21)13-22-20(25-19)23-15-4-6-16(7-5-15)26-8-10-28-11-9-26/h4-7,12-13H,1,8-11H2,2-3H3,(H2,22,23,24,25)/b18-12-. The molecule has 0 aliphatic carbocycles. The molecule has 1 aliphatic rings. The van der Waals surface area contributed by atoms with Gasteiger partial charge in [0.15, 0.2) is 11.7 Å². The summed E-state index contributed by atoms with van der Waals surface area (Å²) in [6.07, 6.45) is 3.49. The molecule has 0 unspecified atom stereocenters. The van der Waals surface area contributed by atoms with Crippen molar-refractivity contribution in [2.45, 2.75) is 6.92 Å². The monoisotopic (exact) mass is 445 g/mol. The van der Waals surface area contributed by atoms with Crippen molar-refractivity contribution in [2.75, 3.05) is 48.9 Å². The first-order valence-electron chi connectivity index (χ1n) is 8.95. The molecule has 2 heterocycles. The maximum atomic E-state index is 5.40. The number of benzene rings is 1. The molecule has 3 rings (SSSR count). The Morgan fingerprint density at radius 1 is 1.29 bits per heavy atom. The zero-order valence-electron chi connectivity index (χ0n) is 16.0. The highest BCUT2D eigenvalue weighted by Gasteiger charge is 2.11. The van der Waals surface area contributed by atoms with Crippen LogP contribution in [0, 0.1) is 0 Å². The Bertz CT molecular complexity index is 848. The lowest BCUT2D eigenvalue weighted by Gasteiger charge is -2.28. The summed E-state index contributed by atoms with van der Waals surface area (Å²) in [5.74, 6) is 1.63. The van der Waals surface area contributed by atoms with Crippen molar-refractivity contribution in [3.05, 3.63) is 59.0 Å². The molecule has 1 saturated heterocycles. The summed E-state index contributed by atoms with van der Waals surface area (Å²) in [5, 5.41) is 6.36. The molecule has 0 amide bonds. The summed E-state index contributed by atoms with van der Waals surface area (Å²) in [6, 6.07) is 8.21. The van der Waals surface area contributed by atoms with Gasteiger partial charge in [0, 0.05) is 36.7 Å². The number of rotatable bonds is 7. The van der Waals surface area contributed by atoms with E-state index in [4.69, 9.17) is 9.47 Å². The van der Waals surface area contributed by atoms with Gasteiger partial charge in [-0.25, -0.2) is 4.98 Å². The maximum absolute atomic E-state index is 5.40. The minimum Gasteiger partial charge on any atom is -0.482 e. The predicted octanol–water partition coefficient (Wildman–Crippen LogP) is 4.30. The van der Waals surface area contributed by atoms with Crippen LogP contribution in [0.2, 0.25) is 0 Å². The molecule has 1 fully saturated rings. The van der Waals surface area contributed by atoms with Gasteiger partial charge in [0.05, 0.1) is 24.8 Å². The van der Waals surface area contributed by atoms with Crippen LogP contribution in [0.25, 0.3) is 0 Å². The fourth-order valence-electron chi connectivity index (χ4n) is 2.71. The molecule has 1 aromatic heterocycles. The molecule has 0 atom stereocenters. The summed E-state index contributed by atoms with van der Waals surface area (Å²) < 4.78 is 11.5. The first-order valence-corrected chi connectivity index (χ1v) is 9.75. The fourth-order valence-corrected chi connectivity index (χ4v) is 3.00. The van der Waals surface area contributed by atoms with E-state index < -0.39 is 0 Å². The Kier molecular flexibility index (Phi) is 6.89. The Morgan fingerprint density at radius 2 is 2.00 bits per heavy atom. The van der Waals surface area contributed by atoms with E-state index in [1.807, 2.05) is 19.1 Å². The van der Waals surface area contributed by atoms with Gasteiger partial charge in [-0.3, -0.25) is 0 Å². The number of allylic oxidation sites excluding steroid dienone is 2. The van der Waals surface area contributed by atoms with Crippen molar-refractivity contribution in [3.8, 4) is 0 Å². The number of halogens is 1. The van der Waals surface area contributed by atoms with E-state index in [0.29, 0.717) is 17.6 Å². The normalized spacial score (nSPS) is 14.5. The highest BCUT2D eigenvalue weighted by molar-refractivity contribution is 9.10. The van der Waals surface area contributed by atoms with E-state index in [-0.39, 0.29) is 0 Å². The van der Waals surface area contributed by atoms with Crippen molar-refractivity contribution in [1.29, 1.82) is 0 Å². The van der Waals surface area contributed by atoms with Crippen molar-refractivity contribution < 1.29 is 9.47 Å². The summed E-state index contributed by atoms with van der Waals surface area (Å²) in [6.45, 7) is 9.12. The molecule has 0 bridgehead atoms. The van der Waals surface area contributed by atoms with Gasteiger partial charge >= 0.3 is 0 Å². The molecular formula is C20H24BrN5O2. The third-order valence-electron chi connectivity index (χ3n) is 4.08. The van der Waals surface area contributed by atoms with Crippen LogP contribution in [-0.2, 0) is 9.47 Å². The number of hydrogen-bond acceptors (Lipinski definition) is 7. The van der Waals surface area contributed by atoms with Crippen molar-refractivity contribution in [2.24, 2.45) is 0 Å². The molecule has 7 nitrogen and oxygen atoms in total. The number of nitrogens with zero attached hydrogens (tertiary/aromatic N) is 3. The summed E-state index contributed by atoms with van der Waals surface area (Å²) in [7, 11) is 1.59. The first-order chi connectivity index (χ1) is 13.5. The van der Waals surface area contributed by atoms with E-state index in [2.05, 4.69) is 60.1 Å². The van der Waals surface area contributed by atoms with Crippen molar-refractivity contribution >= 4 is 39.1 Å². The summed E-state index contributed by atoms with van der Waals surface area (Å²) in [4.78, 5) is 11.2. The zero-order chi connectivity index (χ0) is 19.9. The third kappa shape index (κ3) is 5.46. The van der Waals surface area contributed by atoms with E-state index >= 15 is 0 Å². The van der Waals surface area contributed by atoms with E-state index in [1.54, 1.807) is 19.4 Å². The van der Waals surface area contributed by atoms with E-state index in [0.717, 1.165) is 42.0 Å².